The Labute approximate surface area is 124 Å². The van der Waals surface area contributed by atoms with Crippen molar-refractivity contribution in [2.45, 2.75) is 13.3 Å². The molecule has 0 unspecified atom stereocenters. The fourth-order valence-corrected chi connectivity index (χ4v) is 2.90. The monoisotopic (exact) mass is 300 g/mol. The summed E-state index contributed by atoms with van der Waals surface area (Å²) in [4.78, 5) is 21.6. The number of ether oxygens (including phenoxy) is 1. The number of thiophene rings is 1. The molecule has 0 aliphatic carbocycles. The van der Waals surface area contributed by atoms with Gasteiger partial charge in [0.1, 0.15) is 22.5 Å². The van der Waals surface area contributed by atoms with Crippen LogP contribution in [0.25, 0.3) is 10.2 Å². The first-order chi connectivity index (χ1) is 10.2. The first kappa shape index (κ1) is 13.5. The minimum atomic E-state index is -1.03. The van der Waals surface area contributed by atoms with Gasteiger partial charge in [-0.05, 0) is 24.6 Å². The fraction of sp³-hybridized carbons (Fsp3) is 0.133. The molecule has 3 rings (SSSR count). The highest BCUT2D eigenvalue weighted by molar-refractivity contribution is 7.18. The predicted octanol–water partition coefficient (Wildman–Crippen LogP) is 3.74. The van der Waals surface area contributed by atoms with Gasteiger partial charge in [0.25, 0.3) is 0 Å². The number of aromatic carboxylic acids is 1. The van der Waals surface area contributed by atoms with Crippen molar-refractivity contribution in [1.82, 2.24) is 9.97 Å². The van der Waals surface area contributed by atoms with Crippen LogP contribution >= 0.6 is 11.3 Å². The van der Waals surface area contributed by atoms with Crippen LogP contribution in [0.2, 0.25) is 0 Å². The van der Waals surface area contributed by atoms with Crippen molar-refractivity contribution >= 4 is 27.5 Å². The number of aryl methyl sites for hydroxylation is 1. The van der Waals surface area contributed by atoms with E-state index in [1.807, 2.05) is 6.07 Å². The van der Waals surface area contributed by atoms with E-state index in [0.29, 0.717) is 5.88 Å². The van der Waals surface area contributed by atoms with Gasteiger partial charge in [0.2, 0.25) is 5.88 Å². The number of carbonyl (C=O) groups is 1. The van der Waals surface area contributed by atoms with Crippen molar-refractivity contribution in [2.24, 2.45) is 0 Å². The molecule has 0 aliphatic heterocycles. The third-order valence-corrected chi connectivity index (χ3v) is 4.20. The summed E-state index contributed by atoms with van der Waals surface area (Å²) in [7, 11) is 0. The van der Waals surface area contributed by atoms with Crippen LogP contribution in [0, 0.1) is 0 Å². The minimum absolute atomic E-state index is 0.107. The summed E-state index contributed by atoms with van der Waals surface area (Å²) >= 11 is 1.59. The molecule has 0 bridgehead atoms. The molecule has 2 heterocycles. The molecule has 0 saturated carbocycles. The standard InChI is InChI=1S/C15H12N2O3S/c1-2-9-7-11-13(16-8-17-14(11)21-9)20-12-6-4-3-5-10(12)15(18)19/h3-8H,2H2,1H3,(H,18,19). The van der Waals surface area contributed by atoms with E-state index in [0.717, 1.165) is 16.6 Å². The van der Waals surface area contributed by atoms with E-state index in [-0.39, 0.29) is 11.3 Å². The summed E-state index contributed by atoms with van der Waals surface area (Å²) in [6, 6.07) is 8.49. The highest BCUT2D eigenvalue weighted by atomic mass is 32.1. The second-order valence-corrected chi connectivity index (χ2v) is 5.48. The first-order valence-corrected chi connectivity index (χ1v) is 7.24. The lowest BCUT2D eigenvalue weighted by Gasteiger charge is -2.07. The lowest BCUT2D eigenvalue weighted by molar-refractivity contribution is 0.0694. The maximum Gasteiger partial charge on any atom is 0.339 e. The van der Waals surface area contributed by atoms with Crippen LogP contribution in [0.3, 0.4) is 0 Å². The van der Waals surface area contributed by atoms with E-state index < -0.39 is 5.97 Å². The molecule has 106 valence electrons. The third-order valence-electron chi connectivity index (χ3n) is 3.02. The van der Waals surface area contributed by atoms with Crippen molar-refractivity contribution < 1.29 is 14.6 Å². The second kappa shape index (κ2) is 5.49. The zero-order chi connectivity index (χ0) is 14.8. The number of hydrogen-bond acceptors (Lipinski definition) is 5. The van der Waals surface area contributed by atoms with Crippen LogP contribution in [0.4, 0.5) is 0 Å². The number of nitrogens with zero attached hydrogens (tertiary/aromatic N) is 2. The number of rotatable bonds is 4. The van der Waals surface area contributed by atoms with Crippen LogP contribution in [-0.2, 0) is 6.42 Å². The molecule has 1 aromatic carbocycles. The zero-order valence-electron chi connectivity index (χ0n) is 11.2. The van der Waals surface area contributed by atoms with Gasteiger partial charge in [-0.15, -0.1) is 11.3 Å². The molecule has 2 aromatic heterocycles. The summed E-state index contributed by atoms with van der Waals surface area (Å²) in [5.41, 5.74) is 0.107. The topological polar surface area (TPSA) is 72.3 Å². The Morgan fingerprint density at radius 3 is 2.90 bits per heavy atom. The smallest absolute Gasteiger partial charge is 0.339 e. The number of fused-ring (bicyclic) bond motifs is 1. The molecule has 3 aromatic rings. The van der Waals surface area contributed by atoms with Gasteiger partial charge < -0.3 is 9.84 Å². The molecule has 0 atom stereocenters. The van der Waals surface area contributed by atoms with Crippen LogP contribution < -0.4 is 4.74 Å². The summed E-state index contributed by atoms with van der Waals surface area (Å²) in [6.07, 6.45) is 2.34. The van der Waals surface area contributed by atoms with Gasteiger partial charge in [0, 0.05) is 4.88 Å². The van der Waals surface area contributed by atoms with Gasteiger partial charge >= 0.3 is 5.97 Å². The van der Waals surface area contributed by atoms with E-state index in [1.165, 1.54) is 17.3 Å². The zero-order valence-corrected chi connectivity index (χ0v) is 12.1. The van der Waals surface area contributed by atoms with Crippen molar-refractivity contribution in [1.29, 1.82) is 0 Å². The molecule has 0 amide bonds. The quantitative estimate of drug-likeness (QED) is 0.794. The molecular weight excluding hydrogens is 288 g/mol. The first-order valence-electron chi connectivity index (χ1n) is 6.42. The highest BCUT2D eigenvalue weighted by Crippen LogP contribution is 2.33. The minimum Gasteiger partial charge on any atom is -0.478 e. The van der Waals surface area contributed by atoms with Crippen molar-refractivity contribution in [2.75, 3.05) is 0 Å². The number of benzene rings is 1. The van der Waals surface area contributed by atoms with E-state index in [4.69, 9.17) is 4.74 Å². The fourth-order valence-electron chi connectivity index (χ4n) is 1.98. The molecule has 6 heteroatoms. The molecule has 0 radical (unpaired) electrons. The third kappa shape index (κ3) is 2.57. The molecule has 0 fully saturated rings. The van der Waals surface area contributed by atoms with Gasteiger partial charge in [-0.2, -0.15) is 0 Å². The lowest BCUT2D eigenvalue weighted by atomic mass is 10.2. The SMILES string of the molecule is CCc1cc2c(Oc3ccccc3C(=O)O)ncnc2s1. The Bertz CT molecular complexity index is 814. The predicted molar refractivity (Wildman–Crippen MR) is 80.3 cm³/mol. The van der Waals surface area contributed by atoms with Gasteiger partial charge in [-0.25, -0.2) is 14.8 Å². The Morgan fingerprint density at radius 1 is 1.33 bits per heavy atom. The van der Waals surface area contributed by atoms with Crippen LogP contribution in [0.15, 0.2) is 36.7 Å². The van der Waals surface area contributed by atoms with E-state index in [2.05, 4.69) is 16.9 Å². The number of carboxylic acid groups (broad SMARTS) is 1. The maximum absolute atomic E-state index is 11.2. The summed E-state index contributed by atoms with van der Waals surface area (Å²) in [5.74, 6) is -0.380. The van der Waals surface area contributed by atoms with E-state index >= 15 is 0 Å². The number of aromatic nitrogens is 2. The van der Waals surface area contributed by atoms with Crippen molar-refractivity contribution in [3.05, 3.63) is 47.1 Å². The Kier molecular flexibility index (Phi) is 3.53. The number of para-hydroxylation sites is 1. The lowest BCUT2D eigenvalue weighted by Crippen LogP contribution is -2.00. The molecule has 0 spiro atoms. The molecule has 0 aliphatic rings. The largest absolute Gasteiger partial charge is 0.478 e. The summed E-state index contributed by atoms with van der Waals surface area (Å²) in [5, 5.41) is 9.99. The van der Waals surface area contributed by atoms with Crippen LogP contribution in [-0.4, -0.2) is 21.0 Å². The molecule has 1 N–H and O–H groups in total. The van der Waals surface area contributed by atoms with Crippen molar-refractivity contribution in [3.8, 4) is 11.6 Å². The normalized spacial score (nSPS) is 10.7. The van der Waals surface area contributed by atoms with Gasteiger partial charge in [0.15, 0.2) is 0 Å². The van der Waals surface area contributed by atoms with Gasteiger partial charge in [0.05, 0.1) is 5.39 Å². The molecule has 0 saturated heterocycles. The van der Waals surface area contributed by atoms with E-state index in [9.17, 15) is 9.90 Å². The molecular formula is C15H12N2O3S. The second-order valence-electron chi connectivity index (χ2n) is 4.37. The van der Waals surface area contributed by atoms with Gasteiger partial charge in [-0.3, -0.25) is 0 Å². The summed E-state index contributed by atoms with van der Waals surface area (Å²) in [6.45, 7) is 2.07. The highest BCUT2D eigenvalue weighted by Gasteiger charge is 2.14. The van der Waals surface area contributed by atoms with Crippen LogP contribution in [0.5, 0.6) is 11.6 Å². The average molecular weight is 300 g/mol. The van der Waals surface area contributed by atoms with Crippen molar-refractivity contribution in [3.63, 3.8) is 0 Å². The van der Waals surface area contributed by atoms with Crippen LogP contribution in [0.1, 0.15) is 22.2 Å². The van der Waals surface area contributed by atoms with Gasteiger partial charge in [-0.1, -0.05) is 19.1 Å². The number of carboxylic acids is 1. The Balaban J connectivity index is 2.06. The average Bonchev–Trinajstić information content (AvgIpc) is 2.92. The van der Waals surface area contributed by atoms with E-state index in [1.54, 1.807) is 29.5 Å². The molecule has 5 nitrogen and oxygen atoms in total. The Hall–Kier alpha value is -2.47. The maximum atomic E-state index is 11.2. The number of hydrogen-bond donors (Lipinski definition) is 1. The Morgan fingerprint density at radius 2 is 2.14 bits per heavy atom. The molecule has 21 heavy (non-hydrogen) atoms. The summed E-state index contributed by atoms with van der Waals surface area (Å²) < 4.78 is 5.72.